The van der Waals surface area contributed by atoms with E-state index >= 15 is 0 Å². The molecule has 12 heteroatoms. The third-order valence-electron chi connectivity index (χ3n) is 6.65. The van der Waals surface area contributed by atoms with Crippen molar-refractivity contribution in [3.05, 3.63) is 86.2 Å². The van der Waals surface area contributed by atoms with Crippen LogP contribution in [0.15, 0.2) is 86.2 Å². The summed E-state index contributed by atoms with van der Waals surface area (Å²) in [6.07, 6.45) is 6.70. The highest BCUT2D eigenvalue weighted by atomic mass is 16.6. The second-order valence-electron chi connectivity index (χ2n) is 10.6. The number of rotatable bonds is 24. The molecule has 0 aliphatic rings. The van der Waals surface area contributed by atoms with Gasteiger partial charge >= 0.3 is 11.9 Å². The maximum Gasteiger partial charge on any atom is 0.330 e. The molecule has 2 atom stereocenters. The van der Waals surface area contributed by atoms with Gasteiger partial charge in [0.05, 0.1) is 38.8 Å². The summed E-state index contributed by atoms with van der Waals surface area (Å²) >= 11 is 0. The molecule has 1 heterocycles. The van der Waals surface area contributed by atoms with Crippen LogP contribution in [0.25, 0.3) is 22.5 Å². The van der Waals surface area contributed by atoms with Gasteiger partial charge in [-0.15, -0.1) is 0 Å². The number of aliphatic hydroxyl groups excluding tert-OH is 2. The predicted molar refractivity (Wildman–Crippen MR) is 178 cm³/mol. The fourth-order valence-electron chi connectivity index (χ4n) is 4.10. The van der Waals surface area contributed by atoms with Gasteiger partial charge in [-0.3, -0.25) is 0 Å². The topological polar surface area (TPSA) is 156 Å². The third kappa shape index (κ3) is 14.9. The average molecular weight is 665 g/mol. The maximum absolute atomic E-state index is 11.0. The first kappa shape index (κ1) is 37.8. The summed E-state index contributed by atoms with van der Waals surface area (Å²) in [5, 5.41) is 19.4. The van der Waals surface area contributed by atoms with E-state index in [9.17, 15) is 19.8 Å². The van der Waals surface area contributed by atoms with Crippen molar-refractivity contribution in [1.29, 1.82) is 0 Å². The van der Waals surface area contributed by atoms with Crippen LogP contribution in [-0.2, 0) is 28.5 Å². The van der Waals surface area contributed by atoms with Crippen molar-refractivity contribution in [1.82, 2.24) is 9.97 Å². The number of nitrogens with zero attached hydrogens (tertiary/aromatic N) is 2. The molecule has 0 spiro atoms. The quantitative estimate of drug-likeness (QED) is 0.0795. The predicted octanol–water partition coefficient (Wildman–Crippen LogP) is 4.34. The van der Waals surface area contributed by atoms with E-state index in [-0.39, 0.29) is 26.4 Å². The number of hydrogen-bond donors (Lipinski definition) is 2. The summed E-state index contributed by atoms with van der Waals surface area (Å²) in [7, 11) is 0. The number of esters is 2. The van der Waals surface area contributed by atoms with Crippen molar-refractivity contribution in [2.24, 2.45) is 0 Å². The number of benzene rings is 2. The van der Waals surface area contributed by atoms with Crippen LogP contribution in [0.5, 0.6) is 11.5 Å². The molecule has 0 saturated heterocycles. The molecule has 2 unspecified atom stereocenters. The van der Waals surface area contributed by atoms with Crippen molar-refractivity contribution in [2.75, 3.05) is 52.9 Å². The Bertz CT molecular complexity index is 1270. The van der Waals surface area contributed by atoms with E-state index in [4.69, 9.17) is 28.4 Å². The Hall–Kier alpha value is -4.62. The first-order valence-corrected chi connectivity index (χ1v) is 15.8. The molecule has 2 aromatic carbocycles. The van der Waals surface area contributed by atoms with Gasteiger partial charge in [0.1, 0.15) is 31.2 Å². The summed E-state index contributed by atoms with van der Waals surface area (Å²) in [5.41, 5.74) is 3.00. The minimum absolute atomic E-state index is 0.0810. The van der Waals surface area contributed by atoms with Crippen LogP contribution < -0.4 is 9.47 Å². The van der Waals surface area contributed by atoms with Gasteiger partial charge in [-0.2, -0.15) is 0 Å². The summed E-state index contributed by atoms with van der Waals surface area (Å²) in [6.45, 7) is 8.46. The summed E-state index contributed by atoms with van der Waals surface area (Å²) in [6, 6.07) is 15.9. The van der Waals surface area contributed by atoms with E-state index in [0.717, 1.165) is 60.3 Å². The van der Waals surface area contributed by atoms with Crippen LogP contribution in [0.1, 0.15) is 25.7 Å². The van der Waals surface area contributed by atoms with Crippen molar-refractivity contribution < 1.29 is 48.2 Å². The second-order valence-corrected chi connectivity index (χ2v) is 10.6. The van der Waals surface area contributed by atoms with Crippen LogP contribution in [0.3, 0.4) is 0 Å². The highest BCUT2D eigenvalue weighted by Crippen LogP contribution is 2.25. The van der Waals surface area contributed by atoms with Crippen molar-refractivity contribution >= 4 is 11.9 Å². The molecular formula is C36H44N2O10. The molecule has 0 aliphatic heterocycles. The molecule has 0 amide bonds. The standard InChI is InChI=1S/C36H44N2O10/c1-3-34(41)47-25-30(39)23-43-17-5-7-19-45-32-15-13-28(14-16-32)27-9-11-29(12-10-27)36-37-21-33(22-38-36)46-20-8-6-18-44-24-31(40)26-48-35(42)4-2/h3-4,9-16,21-22,30-31,39-40H,1-2,5-8,17-20,23-26H2. The largest absolute Gasteiger partial charge is 0.494 e. The third-order valence-corrected chi connectivity index (χ3v) is 6.65. The fourth-order valence-corrected chi connectivity index (χ4v) is 4.10. The van der Waals surface area contributed by atoms with Crippen molar-refractivity contribution in [3.63, 3.8) is 0 Å². The van der Waals surface area contributed by atoms with E-state index in [1.807, 2.05) is 48.5 Å². The lowest BCUT2D eigenvalue weighted by molar-refractivity contribution is -0.142. The SMILES string of the molecule is C=CC(=O)OCC(O)COCCCCOc1ccc(-c2ccc(-c3ncc(OCCCCOCC(O)COC(=O)C=C)cn3)cc2)cc1. The Balaban J connectivity index is 1.29. The lowest BCUT2D eigenvalue weighted by Gasteiger charge is -2.11. The van der Waals surface area contributed by atoms with E-state index in [1.165, 1.54) is 0 Å². The first-order chi connectivity index (χ1) is 23.4. The van der Waals surface area contributed by atoms with E-state index in [0.29, 0.717) is 38.0 Å². The molecule has 0 aliphatic carbocycles. The molecule has 0 radical (unpaired) electrons. The van der Waals surface area contributed by atoms with Gasteiger partial charge in [0.2, 0.25) is 0 Å². The molecule has 12 nitrogen and oxygen atoms in total. The Kier molecular flexibility index (Phi) is 17.4. The number of carbonyl (C=O) groups is 2. The monoisotopic (exact) mass is 664 g/mol. The molecule has 0 bridgehead atoms. The molecule has 1 aromatic heterocycles. The molecule has 0 saturated carbocycles. The molecule has 48 heavy (non-hydrogen) atoms. The highest BCUT2D eigenvalue weighted by molar-refractivity contribution is 5.81. The summed E-state index contributed by atoms with van der Waals surface area (Å²) < 4.78 is 31.9. The lowest BCUT2D eigenvalue weighted by Crippen LogP contribution is -2.23. The lowest BCUT2D eigenvalue weighted by atomic mass is 10.0. The number of hydrogen-bond acceptors (Lipinski definition) is 12. The summed E-state index contributed by atoms with van der Waals surface area (Å²) in [4.78, 5) is 30.9. The van der Waals surface area contributed by atoms with Crippen molar-refractivity contribution in [2.45, 2.75) is 37.9 Å². The molecule has 3 aromatic rings. The number of aliphatic hydroxyl groups is 2. The van der Waals surface area contributed by atoms with E-state index < -0.39 is 24.1 Å². The zero-order chi connectivity index (χ0) is 34.4. The van der Waals surface area contributed by atoms with Gasteiger partial charge < -0.3 is 38.6 Å². The van der Waals surface area contributed by atoms with Crippen LogP contribution in [0, 0.1) is 0 Å². The number of carbonyl (C=O) groups excluding carboxylic acids is 2. The smallest absolute Gasteiger partial charge is 0.330 e. The van der Waals surface area contributed by atoms with Gasteiger partial charge in [-0.05, 0) is 48.9 Å². The Morgan fingerprint density at radius 2 is 1.02 bits per heavy atom. The van der Waals surface area contributed by atoms with Crippen LogP contribution >= 0.6 is 0 Å². The van der Waals surface area contributed by atoms with Gasteiger partial charge in [-0.25, -0.2) is 19.6 Å². The van der Waals surface area contributed by atoms with Crippen molar-refractivity contribution in [3.8, 4) is 34.0 Å². The average Bonchev–Trinajstić information content (AvgIpc) is 3.12. The number of unbranched alkanes of at least 4 members (excludes halogenated alkanes) is 2. The van der Waals surface area contributed by atoms with E-state index in [1.54, 1.807) is 12.4 Å². The molecular weight excluding hydrogens is 620 g/mol. The molecule has 258 valence electrons. The first-order valence-electron chi connectivity index (χ1n) is 15.8. The van der Waals surface area contributed by atoms with Crippen LogP contribution in [-0.4, -0.2) is 97.2 Å². The normalized spacial score (nSPS) is 12.0. The maximum atomic E-state index is 11.0. The van der Waals surface area contributed by atoms with Gasteiger partial charge in [0.25, 0.3) is 0 Å². The molecule has 3 rings (SSSR count). The Morgan fingerprint density at radius 3 is 1.50 bits per heavy atom. The van der Waals surface area contributed by atoms with Gasteiger partial charge in [0, 0.05) is 30.9 Å². The number of ether oxygens (including phenoxy) is 6. The zero-order valence-corrected chi connectivity index (χ0v) is 27.0. The minimum atomic E-state index is -0.876. The highest BCUT2D eigenvalue weighted by Gasteiger charge is 2.09. The summed E-state index contributed by atoms with van der Waals surface area (Å²) in [5.74, 6) is 0.795. The minimum Gasteiger partial charge on any atom is -0.494 e. The molecule has 2 N–H and O–H groups in total. The second kappa shape index (κ2) is 22.0. The van der Waals surface area contributed by atoms with Gasteiger partial charge in [0.15, 0.2) is 11.6 Å². The van der Waals surface area contributed by atoms with Crippen LogP contribution in [0.2, 0.25) is 0 Å². The van der Waals surface area contributed by atoms with Gasteiger partial charge in [-0.1, -0.05) is 49.6 Å². The Morgan fingerprint density at radius 1 is 0.604 bits per heavy atom. The van der Waals surface area contributed by atoms with E-state index in [2.05, 4.69) is 23.1 Å². The zero-order valence-electron chi connectivity index (χ0n) is 27.0. The molecule has 0 fully saturated rings. The van der Waals surface area contributed by atoms with Crippen LogP contribution in [0.4, 0.5) is 0 Å². The number of aromatic nitrogens is 2. The fraction of sp³-hybridized carbons (Fsp3) is 0.389. The Labute approximate surface area is 280 Å².